The zero-order valence-electron chi connectivity index (χ0n) is 9.95. The van der Waals surface area contributed by atoms with Crippen molar-refractivity contribution in [2.24, 2.45) is 27.2 Å². The predicted octanol–water partition coefficient (Wildman–Crippen LogP) is 1.41. The Morgan fingerprint density at radius 3 is 2.33 bits per heavy atom. The van der Waals surface area contributed by atoms with Crippen LogP contribution in [0.1, 0.15) is 0 Å². The molecule has 0 bridgehead atoms. The van der Waals surface area contributed by atoms with Crippen LogP contribution in [0, 0.1) is 5.82 Å². The highest BCUT2D eigenvalue weighted by Crippen LogP contribution is 2.44. The zero-order chi connectivity index (χ0) is 16.4. The minimum absolute atomic E-state index is 0.448. The van der Waals surface area contributed by atoms with Crippen molar-refractivity contribution in [3.8, 4) is 11.5 Å². The lowest BCUT2D eigenvalue weighted by molar-refractivity contribution is -0.276. The fourth-order valence-corrected chi connectivity index (χ4v) is 1.55. The van der Waals surface area contributed by atoms with Crippen molar-refractivity contribution < 1.29 is 27.4 Å². The van der Waals surface area contributed by atoms with Gasteiger partial charge in [-0.25, -0.2) is 9.38 Å². The summed E-state index contributed by atoms with van der Waals surface area (Å²) < 4.78 is 53.0. The number of alkyl halides is 3. The molecule has 0 spiro atoms. The second kappa shape index (κ2) is 6.03. The topological polar surface area (TPSA) is 132 Å². The van der Waals surface area contributed by atoms with Crippen molar-refractivity contribution in [2.75, 3.05) is 0 Å². The molecule has 0 radical (unpaired) electrons. The third-order valence-electron chi connectivity index (χ3n) is 1.83. The van der Waals surface area contributed by atoms with Crippen LogP contribution in [0.2, 0.25) is 0 Å². The molecule has 0 atom stereocenters. The number of hydrogen-bond acceptors (Lipinski definition) is 3. The highest BCUT2D eigenvalue weighted by Gasteiger charge is 2.35. The van der Waals surface area contributed by atoms with E-state index in [0.29, 0.717) is 0 Å². The van der Waals surface area contributed by atoms with Gasteiger partial charge in [-0.2, -0.15) is 4.99 Å². The van der Waals surface area contributed by atoms with E-state index in [-0.39, 0.29) is 0 Å². The molecule has 0 unspecified atom stereocenters. The monoisotopic (exact) mass is 373 g/mol. The van der Waals surface area contributed by atoms with E-state index in [1.165, 1.54) is 0 Å². The highest BCUT2D eigenvalue weighted by molar-refractivity contribution is 9.10. The first kappa shape index (κ1) is 16.8. The fraction of sp³-hybridized carbons (Fsp3) is 0.111. The smallest absolute Gasteiger partial charge is 0.503 e. The average Bonchev–Trinajstić information content (AvgIpc) is 2.29. The Balaban J connectivity index is 3.40. The lowest BCUT2D eigenvalue weighted by Crippen LogP contribution is -2.26. The number of guanidine groups is 2. The van der Waals surface area contributed by atoms with E-state index in [1.54, 1.807) is 0 Å². The number of nitrogens with two attached hydrogens (primary N) is 3. The standard InChI is InChI=1S/C9H8BrF4N5O2/c10-2-1-3(18-8(17)19-7(15)16)5(20)6(4(2)11)21-9(12,13)14/h1,20H,(H6,15,16,17,18,19). The van der Waals surface area contributed by atoms with Crippen LogP contribution in [0.25, 0.3) is 0 Å². The summed E-state index contributed by atoms with van der Waals surface area (Å²) in [7, 11) is 0. The van der Waals surface area contributed by atoms with Gasteiger partial charge in [0.2, 0.25) is 11.7 Å². The van der Waals surface area contributed by atoms with Crippen LogP contribution < -0.4 is 21.9 Å². The third kappa shape index (κ3) is 4.66. The molecule has 0 saturated carbocycles. The third-order valence-corrected chi connectivity index (χ3v) is 2.40. The second-order valence-electron chi connectivity index (χ2n) is 3.42. The molecule has 1 aromatic carbocycles. The number of aromatic hydroxyl groups is 1. The quantitative estimate of drug-likeness (QED) is 0.353. The SMILES string of the molecule is NC(N)=NC(N)=Nc1cc(Br)c(F)c(OC(F)(F)F)c1O. The molecule has 1 rings (SSSR count). The minimum atomic E-state index is -5.22. The summed E-state index contributed by atoms with van der Waals surface area (Å²) >= 11 is 2.65. The molecule has 7 N–H and O–H groups in total. The van der Waals surface area contributed by atoms with Crippen molar-refractivity contribution in [2.45, 2.75) is 6.36 Å². The molecule has 0 aliphatic carbocycles. The van der Waals surface area contributed by atoms with Gasteiger partial charge < -0.3 is 27.0 Å². The van der Waals surface area contributed by atoms with Gasteiger partial charge in [0.25, 0.3) is 0 Å². The van der Waals surface area contributed by atoms with Gasteiger partial charge in [0, 0.05) is 0 Å². The van der Waals surface area contributed by atoms with E-state index in [9.17, 15) is 22.7 Å². The summed E-state index contributed by atoms with van der Waals surface area (Å²) in [5, 5.41) is 9.58. The number of hydrogen-bond donors (Lipinski definition) is 4. The number of benzene rings is 1. The van der Waals surface area contributed by atoms with Gasteiger partial charge in [0.1, 0.15) is 5.69 Å². The van der Waals surface area contributed by atoms with Gasteiger partial charge in [0.15, 0.2) is 17.5 Å². The minimum Gasteiger partial charge on any atom is -0.503 e. The number of nitrogens with zero attached hydrogens (tertiary/aromatic N) is 2. The van der Waals surface area contributed by atoms with E-state index >= 15 is 0 Å². The Labute approximate surface area is 123 Å². The fourth-order valence-electron chi connectivity index (χ4n) is 1.16. The number of ether oxygens (including phenoxy) is 1. The van der Waals surface area contributed by atoms with Crippen LogP contribution in [-0.4, -0.2) is 23.4 Å². The molecule has 0 saturated heterocycles. The van der Waals surface area contributed by atoms with Gasteiger partial charge in [-0.3, -0.25) is 0 Å². The van der Waals surface area contributed by atoms with Crippen molar-refractivity contribution in [1.29, 1.82) is 0 Å². The molecule has 116 valence electrons. The number of halogens is 5. The normalized spacial score (nSPS) is 12.1. The molecule has 0 aliphatic rings. The van der Waals surface area contributed by atoms with Gasteiger partial charge >= 0.3 is 6.36 Å². The molecule has 1 aromatic rings. The summed E-state index contributed by atoms with van der Waals surface area (Å²) in [5.74, 6) is -5.19. The lowest BCUT2D eigenvalue weighted by Gasteiger charge is -2.13. The summed E-state index contributed by atoms with van der Waals surface area (Å²) in [6.45, 7) is 0. The van der Waals surface area contributed by atoms with Crippen LogP contribution in [0.5, 0.6) is 11.5 Å². The molecule has 0 amide bonds. The summed E-state index contributed by atoms with van der Waals surface area (Å²) in [5.41, 5.74) is 14.8. The molecular weight excluding hydrogens is 366 g/mol. The van der Waals surface area contributed by atoms with Gasteiger partial charge in [-0.05, 0) is 22.0 Å². The van der Waals surface area contributed by atoms with E-state index in [0.717, 1.165) is 6.07 Å². The number of phenols is 1. The molecule has 12 heteroatoms. The van der Waals surface area contributed by atoms with Crippen molar-refractivity contribution in [1.82, 2.24) is 0 Å². The van der Waals surface area contributed by atoms with Crippen LogP contribution >= 0.6 is 15.9 Å². The maximum absolute atomic E-state index is 13.5. The molecular formula is C9H8BrF4N5O2. The van der Waals surface area contributed by atoms with Gasteiger partial charge in [0.05, 0.1) is 4.47 Å². The Hall–Kier alpha value is -2.24. The Morgan fingerprint density at radius 1 is 1.29 bits per heavy atom. The van der Waals surface area contributed by atoms with Crippen LogP contribution in [0.15, 0.2) is 20.5 Å². The first-order chi connectivity index (χ1) is 9.51. The molecule has 7 nitrogen and oxygen atoms in total. The number of phenolic OH excluding ortho intramolecular Hbond substituents is 1. The van der Waals surface area contributed by atoms with Gasteiger partial charge in [-0.1, -0.05) is 0 Å². The van der Waals surface area contributed by atoms with E-state index in [2.05, 4.69) is 30.7 Å². The van der Waals surface area contributed by atoms with E-state index < -0.39 is 45.8 Å². The first-order valence-corrected chi connectivity index (χ1v) is 5.71. The Kier molecular flexibility index (Phi) is 4.83. The summed E-state index contributed by atoms with van der Waals surface area (Å²) in [6, 6.07) is 0.864. The summed E-state index contributed by atoms with van der Waals surface area (Å²) in [4.78, 5) is 6.73. The zero-order valence-corrected chi connectivity index (χ0v) is 11.5. The summed E-state index contributed by atoms with van der Waals surface area (Å²) in [6.07, 6.45) is -5.22. The maximum atomic E-state index is 13.5. The first-order valence-electron chi connectivity index (χ1n) is 4.91. The van der Waals surface area contributed by atoms with Crippen LogP contribution in [0.4, 0.5) is 23.2 Å². The molecule has 0 fully saturated rings. The second-order valence-corrected chi connectivity index (χ2v) is 4.28. The van der Waals surface area contributed by atoms with E-state index in [4.69, 9.17) is 17.2 Å². The average molecular weight is 374 g/mol. The largest absolute Gasteiger partial charge is 0.573 e. The number of aliphatic imine (C=N–C) groups is 2. The Bertz CT molecular complexity index is 613. The van der Waals surface area contributed by atoms with Gasteiger partial charge in [-0.15, -0.1) is 13.2 Å². The molecule has 0 aromatic heterocycles. The predicted molar refractivity (Wildman–Crippen MR) is 69.5 cm³/mol. The van der Waals surface area contributed by atoms with E-state index in [1.807, 2.05) is 0 Å². The van der Waals surface area contributed by atoms with Crippen molar-refractivity contribution >= 4 is 33.5 Å². The Morgan fingerprint density at radius 2 is 1.86 bits per heavy atom. The molecule has 0 aliphatic heterocycles. The van der Waals surface area contributed by atoms with Crippen LogP contribution in [0.3, 0.4) is 0 Å². The maximum Gasteiger partial charge on any atom is 0.573 e. The van der Waals surface area contributed by atoms with Crippen molar-refractivity contribution in [3.05, 3.63) is 16.4 Å². The highest BCUT2D eigenvalue weighted by atomic mass is 79.9. The molecule has 21 heavy (non-hydrogen) atoms. The van der Waals surface area contributed by atoms with Crippen LogP contribution in [-0.2, 0) is 0 Å². The lowest BCUT2D eigenvalue weighted by atomic mass is 10.2. The number of rotatable bonds is 2. The van der Waals surface area contributed by atoms with Crippen molar-refractivity contribution in [3.63, 3.8) is 0 Å². The molecule has 0 heterocycles.